The van der Waals surface area contributed by atoms with Crippen LogP contribution in [0.5, 0.6) is 0 Å². The van der Waals surface area contributed by atoms with E-state index in [-0.39, 0.29) is 16.7 Å². The number of halogens is 1. The second kappa shape index (κ2) is 8.65. The number of alkyl halides is 1. The van der Waals surface area contributed by atoms with Gasteiger partial charge in [-0.3, -0.25) is 0 Å². The maximum absolute atomic E-state index is 16.8. The standard InChI is InChI=1S/C24H43FN4O3Si2/c1-22(2,3)33(8,9)30-14-17-18(32-34(10,11)23(4,5)6)24(7,25)21(31-17)29-13-12-16-19(26)27-15-28-20(16)29/h12-13,15,17-18,21H,14H2,1-11H3,(H2,26,27,28)/t17-,18-,21-,24-/m1/s1. The van der Waals surface area contributed by atoms with Gasteiger partial charge in [0.25, 0.3) is 0 Å². The molecule has 0 spiro atoms. The van der Waals surface area contributed by atoms with Crippen molar-refractivity contribution in [2.24, 2.45) is 0 Å². The van der Waals surface area contributed by atoms with Gasteiger partial charge in [0.2, 0.25) is 0 Å². The van der Waals surface area contributed by atoms with Crippen molar-refractivity contribution in [2.75, 3.05) is 12.3 Å². The fourth-order valence-corrected chi connectivity index (χ4v) is 6.09. The summed E-state index contributed by atoms with van der Waals surface area (Å²) < 4.78 is 38.1. The highest BCUT2D eigenvalue weighted by Crippen LogP contribution is 2.48. The fraction of sp³-hybridized carbons (Fsp3) is 0.750. The summed E-state index contributed by atoms with van der Waals surface area (Å²) in [5.74, 6) is 0.356. The lowest BCUT2D eigenvalue weighted by molar-refractivity contribution is -0.0548. The molecule has 3 rings (SSSR count). The van der Waals surface area contributed by atoms with E-state index >= 15 is 4.39 Å². The number of anilines is 1. The molecule has 1 aliphatic rings. The third kappa shape index (κ3) is 4.84. The van der Waals surface area contributed by atoms with Crippen molar-refractivity contribution in [2.45, 2.75) is 109 Å². The summed E-state index contributed by atoms with van der Waals surface area (Å²) >= 11 is 0. The van der Waals surface area contributed by atoms with Crippen LogP contribution in [0.3, 0.4) is 0 Å². The Morgan fingerprint density at radius 3 is 2.24 bits per heavy atom. The lowest BCUT2D eigenvalue weighted by atomic mass is 9.98. The fourth-order valence-electron chi connectivity index (χ4n) is 3.71. The molecular weight excluding hydrogens is 467 g/mol. The molecule has 0 unspecified atom stereocenters. The van der Waals surface area contributed by atoms with Gasteiger partial charge in [-0.1, -0.05) is 41.5 Å². The van der Waals surface area contributed by atoms with E-state index in [1.165, 1.54) is 6.33 Å². The molecule has 0 radical (unpaired) electrons. The number of hydrogen-bond acceptors (Lipinski definition) is 6. The Bertz CT molecular complexity index is 1030. The number of nitrogens with two attached hydrogens (primary N) is 1. The molecule has 0 bridgehead atoms. The van der Waals surface area contributed by atoms with Gasteiger partial charge in [0.1, 0.15) is 30.0 Å². The molecule has 2 N–H and O–H groups in total. The molecule has 0 aromatic carbocycles. The largest absolute Gasteiger partial charge is 0.414 e. The van der Waals surface area contributed by atoms with Gasteiger partial charge in [0.15, 0.2) is 28.5 Å². The third-order valence-electron chi connectivity index (χ3n) is 8.12. The highest BCUT2D eigenvalue weighted by molar-refractivity contribution is 6.74. The molecule has 4 atom stereocenters. The molecule has 0 aliphatic carbocycles. The predicted octanol–water partition coefficient (Wildman–Crippen LogP) is 6.05. The van der Waals surface area contributed by atoms with Gasteiger partial charge in [0, 0.05) is 6.20 Å². The Kier molecular flexibility index (Phi) is 6.93. The first kappa shape index (κ1) is 27.3. The smallest absolute Gasteiger partial charge is 0.192 e. The van der Waals surface area contributed by atoms with Crippen LogP contribution < -0.4 is 5.73 Å². The first-order chi connectivity index (χ1) is 15.3. The normalized spacial score (nSPS) is 27.0. The molecule has 3 heterocycles. The minimum Gasteiger partial charge on any atom is -0.414 e. The van der Waals surface area contributed by atoms with Crippen molar-refractivity contribution in [1.29, 1.82) is 0 Å². The van der Waals surface area contributed by atoms with Crippen molar-refractivity contribution >= 4 is 33.5 Å². The lowest BCUT2D eigenvalue weighted by Crippen LogP contribution is -2.53. The summed E-state index contributed by atoms with van der Waals surface area (Å²) in [5, 5.41) is 0.628. The number of nitrogens with zero attached hydrogens (tertiary/aromatic N) is 3. The zero-order valence-electron chi connectivity index (χ0n) is 22.7. The van der Waals surface area contributed by atoms with E-state index in [1.54, 1.807) is 23.8 Å². The molecule has 1 fully saturated rings. The molecule has 1 aliphatic heterocycles. The topological polar surface area (TPSA) is 84.4 Å². The highest BCUT2D eigenvalue weighted by atomic mass is 28.4. The van der Waals surface area contributed by atoms with E-state index in [1.807, 2.05) is 0 Å². The molecule has 0 amide bonds. The summed E-state index contributed by atoms with van der Waals surface area (Å²) in [6, 6.07) is 1.80. The highest BCUT2D eigenvalue weighted by Gasteiger charge is 2.59. The van der Waals surface area contributed by atoms with Crippen molar-refractivity contribution in [1.82, 2.24) is 14.5 Å². The van der Waals surface area contributed by atoms with Crippen molar-refractivity contribution in [3.8, 4) is 0 Å². The van der Waals surface area contributed by atoms with Gasteiger partial charge < -0.3 is 23.9 Å². The minimum absolute atomic E-state index is 0.0326. The second-order valence-electron chi connectivity index (χ2n) is 12.8. The van der Waals surface area contributed by atoms with Crippen LogP contribution in [0.1, 0.15) is 54.7 Å². The summed E-state index contributed by atoms with van der Waals surface area (Å²) in [4.78, 5) is 8.41. The average Bonchev–Trinajstić information content (AvgIpc) is 3.18. The van der Waals surface area contributed by atoms with Crippen LogP contribution in [0.15, 0.2) is 18.6 Å². The van der Waals surface area contributed by atoms with Crippen LogP contribution >= 0.6 is 0 Å². The van der Waals surface area contributed by atoms with Crippen LogP contribution in [-0.4, -0.2) is 55.7 Å². The monoisotopic (exact) mass is 510 g/mol. The molecule has 10 heteroatoms. The van der Waals surface area contributed by atoms with Gasteiger partial charge in [-0.15, -0.1) is 0 Å². The Labute approximate surface area is 205 Å². The number of nitrogen functional groups attached to an aromatic ring is 1. The van der Waals surface area contributed by atoms with Crippen LogP contribution in [0, 0.1) is 0 Å². The van der Waals surface area contributed by atoms with E-state index in [0.717, 1.165) is 0 Å². The average molecular weight is 511 g/mol. The summed E-state index contributed by atoms with van der Waals surface area (Å²) in [6.07, 6.45) is 0.890. The van der Waals surface area contributed by atoms with Crippen molar-refractivity contribution in [3.05, 3.63) is 18.6 Å². The maximum atomic E-state index is 16.8. The molecule has 2 aromatic heterocycles. The number of hydrogen-bond donors (Lipinski definition) is 1. The zero-order valence-corrected chi connectivity index (χ0v) is 24.7. The van der Waals surface area contributed by atoms with Crippen LogP contribution in [0.25, 0.3) is 11.0 Å². The van der Waals surface area contributed by atoms with Gasteiger partial charge in [0.05, 0.1) is 12.0 Å². The molecular formula is C24H43FN4O3Si2. The van der Waals surface area contributed by atoms with Crippen molar-refractivity contribution in [3.63, 3.8) is 0 Å². The third-order valence-corrected chi connectivity index (χ3v) is 17.1. The first-order valence-electron chi connectivity index (χ1n) is 12.0. The minimum atomic E-state index is -2.31. The zero-order chi connectivity index (χ0) is 25.9. The van der Waals surface area contributed by atoms with E-state index in [4.69, 9.17) is 19.3 Å². The predicted molar refractivity (Wildman–Crippen MR) is 141 cm³/mol. The number of rotatable bonds is 6. The molecule has 34 heavy (non-hydrogen) atoms. The number of aromatic nitrogens is 3. The van der Waals surface area contributed by atoms with Gasteiger partial charge in [-0.25, -0.2) is 14.4 Å². The lowest BCUT2D eigenvalue weighted by Gasteiger charge is -2.42. The Morgan fingerprint density at radius 2 is 1.68 bits per heavy atom. The van der Waals surface area contributed by atoms with Crippen molar-refractivity contribution < 1.29 is 18.0 Å². The number of fused-ring (bicyclic) bond motifs is 1. The van der Waals surface area contributed by atoms with E-state index in [0.29, 0.717) is 16.9 Å². The first-order valence-corrected chi connectivity index (χ1v) is 17.8. The van der Waals surface area contributed by atoms with Gasteiger partial charge in [-0.2, -0.15) is 0 Å². The maximum Gasteiger partial charge on any atom is 0.192 e. The van der Waals surface area contributed by atoms with E-state index in [2.05, 4.69) is 77.7 Å². The molecule has 7 nitrogen and oxygen atoms in total. The Hall–Kier alpha value is -1.34. The molecule has 192 valence electrons. The van der Waals surface area contributed by atoms with Crippen LogP contribution in [0.4, 0.5) is 10.2 Å². The quantitative estimate of drug-likeness (QED) is 0.476. The van der Waals surface area contributed by atoms with Crippen LogP contribution in [-0.2, 0) is 13.6 Å². The summed E-state index contributed by atoms with van der Waals surface area (Å²) in [5.41, 5.74) is 4.75. The summed E-state index contributed by atoms with van der Waals surface area (Å²) in [6.45, 7) is 23.5. The van der Waals surface area contributed by atoms with Gasteiger partial charge in [-0.05, 0) is 49.3 Å². The van der Waals surface area contributed by atoms with E-state index in [9.17, 15) is 0 Å². The van der Waals surface area contributed by atoms with Crippen LogP contribution in [0.2, 0.25) is 36.3 Å². The molecule has 1 saturated heterocycles. The Balaban J connectivity index is 2.01. The molecule has 2 aromatic rings. The SMILES string of the molecule is CC(C)(C)[Si](C)(C)OC[C@H]1O[C@@H](n2ccc3c(N)ncnc32)[C@](C)(F)[C@@H]1O[Si](C)(C)C(C)(C)C. The Morgan fingerprint density at radius 1 is 1.09 bits per heavy atom. The summed E-state index contributed by atoms with van der Waals surface area (Å²) in [7, 11) is -4.38. The second-order valence-corrected chi connectivity index (χ2v) is 22.3. The van der Waals surface area contributed by atoms with Gasteiger partial charge >= 0.3 is 0 Å². The number of ether oxygens (including phenoxy) is 1. The molecule has 0 saturated carbocycles. The van der Waals surface area contributed by atoms with E-state index < -0.39 is 40.7 Å².